The Balaban J connectivity index is 3.51. The number of methoxy groups -OCH3 is 2. The fourth-order valence-electron chi connectivity index (χ4n) is 1.16. The summed E-state index contributed by atoms with van der Waals surface area (Å²) in [6, 6.07) is 1.38. The molecule has 0 atom stereocenters. The van der Waals surface area contributed by atoms with Gasteiger partial charge in [0.25, 0.3) is 0 Å². The molecular weight excluding hydrogens is 222 g/mol. The quantitative estimate of drug-likeness (QED) is 0.773. The number of rotatable bonds is 3. The highest BCUT2D eigenvalue weighted by molar-refractivity contribution is 6.35. The molecule has 0 bridgehead atoms. The van der Waals surface area contributed by atoms with Crippen molar-refractivity contribution in [3.05, 3.63) is 16.7 Å². The number of benzene rings is 1. The van der Waals surface area contributed by atoms with E-state index >= 15 is 0 Å². The van der Waals surface area contributed by atoms with Gasteiger partial charge in [-0.25, -0.2) is 4.79 Å². The van der Waals surface area contributed by atoms with Crippen LogP contribution in [-0.4, -0.2) is 25.3 Å². The summed E-state index contributed by atoms with van der Waals surface area (Å²) in [5.74, 6) is -0.814. The molecule has 0 heterocycles. The Labute approximate surface area is 91.4 Å². The number of hydrogen-bond donors (Lipinski definition) is 2. The number of ether oxygens (including phenoxy) is 2. The largest absolute Gasteiger partial charge is 0.496 e. The van der Waals surface area contributed by atoms with E-state index in [0.29, 0.717) is 0 Å². The molecule has 3 N–H and O–H groups in total. The molecule has 82 valence electrons. The first kappa shape index (κ1) is 11.5. The Bertz CT molecular complexity index is 406. The molecule has 0 saturated carbocycles. The van der Waals surface area contributed by atoms with Crippen LogP contribution in [0, 0.1) is 0 Å². The van der Waals surface area contributed by atoms with Gasteiger partial charge in [-0.1, -0.05) is 11.6 Å². The fraction of sp³-hybridized carbons (Fsp3) is 0.222. The van der Waals surface area contributed by atoms with Crippen LogP contribution >= 0.6 is 11.6 Å². The normalized spacial score (nSPS) is 9.80. The smallest absolute Gasteiger partial charge is 0.341 e. The topological polar surface area (TPSA) is 81.8 Å². The summed E-state index contributed by atoms with van der Waals surface area (Å²) in [4.78, 5) is 10.9. The summed E-state index contributed by atoms with van der Waals surface area (Å²) < 4.78 is 9.80. The zero-order valence-electron chi connectivity index (χ0n) is 8.20. The van der Waals surface area contributed by atoms with Crippen molar-refractivity contribution < 1.29 is 19.4 Å². The molecule has 1 aromatic rings. The summed E-state index contributed by atoms with van der Waals surface area (Å²) in [5.41, 5.74) is 5.33. The van der Waals surface area contributed by atoms with Crippen LogP contribution in [0.15, 0.2) is 6.07 Å². The molecule has 0 unspecified atom stereocenters. The van der Waals surface area contributed by atoms with Crippen LogP contribution in [0.4, 0.5) is 5.69 Å². The number of carbonyl (C=O) groups is 1. The van der Waals surface area contributed by atoms with Gasteiger partial charge >= 0.3 is 5.97 Å². The molecule has 0 saturated heterocycles. The lowest BCUT2D eigenvalue weighted by Crippen LogP contribution is -2.06. The second-order valence-electron chi connectivity index (χ2n) is 2.69. The molecule has 0 aliphatic carbocycles. The zero-order chi connectivity index (χ0) is 11.6. The summed E-state index contributed by atoms with van der Waals surface area (Å²) >= 11 is 5.80. The lowest BCUT2D eigenvalue weighted by Gasteiger charge is -2.12. The maximum Gasteiger partial charge on any atom is 0.341 e. The van der Waals surface area contributed by atoms with Crippen LogP contribution in [0.5, 0.6) is 11.5 Å². The van der Waals surface area contributed by atoms with Crippen molar-refractivity contribution in [3.8, 4) is 11.5 Å². The molecule has 5 nitrogen and oxygen atoms in total. The highest BCUT2D eigenvalue weighted by Crippen LogP contribution is 2.38. The number of carboxylic acids is 1. The first-order chi connectivity index (χ1) is 7.02. The molecule has 0 amide bonds. The van der Waals surface area contributed by atoms with Crippen LogP contribution in [-0.2, 0) is 0 Å². The van der Waals surface area contributed by atoms with Crippen molar-refractivity contribution in [3.63, 3.8) is 0 Å². The van der Waals surface area contributed by atoms with Crippen LogP contribution in [0.2, 0.25) is 5.02 Å². The average Bonchev–Trinajstić information content (AvgIpc) is 2.20. The van der Waals surface area contributed by atoms with E-state index in [0.717, 1.165) is 0 Å². The number of carboxylic acid groups (broad SMARTS) is 1. The molecule has 0 radical (unpaired) electrons. The minimum atomic E-state index is -1.20. The second kappa shape index (κ2) is 4.27. The summed E-state index contributed by atoms with van der Waals surface area (Å²) in [6.07, 6.45) is 0. The summed E-state index contributed by atoms with van der Waals surface area (Å²) in [5, 5.41) is 8.97. The maximum atomic E-state index is 10.9. The van der Waals surface area contributed by atoms with Crippen LogP contribution in [0.1, 0.15) is 10.4 Å². The van der Waals surface area contributed by atoms with E-state index in [9.17, 15) is 4.79 Å². The molecule has 0 aliphatic rings. The first-order valence-corrected chi connectivity index (χ1v) is 4.34. The SMILES string of the molecule is COc1cc(OC)c(C(=O)O)c(N)c1Cl. The molecule has 1 aromatic carbocycles. The van der Waals surface area contributed by atoms with Crippen LogP contribution in [0.3, 0.4) is 0 Å². The molecule has 15 heavy (non-hydrogen) atoms. The fourth-order valence-corrected chi connectivity index (χ4v) is 1.39. The number of nitrogen functional groups attached to an aromatic ring is 1. The van der Waals surface area contributed by atoms with Crippen molar-refractivity contribution in [1.82, 2.24) is 0 Å². The molecule has 0 aromatic heterocycles. The van der Waals surface area contributed by atoms with Crippen LogP contribution in [0.25, 0.3) is 0 Å². The van der Waals surface area contributed by atoms with E-state index in [1.165, 1.54) is 20.3 Å². The number of aromatic carboxylic acids is 1. The molecule has 0 spiro atoms. The minimum absolute atomic E-state index is 0.0655. The minimum Gasteiger partial charge on any atom is -0.496 e. The van der Waals surface area contributed by atoms with E-state index < -0.39 is 5.97 Å². The molecular formula is C9H10ClNO4. The number of hydrogen-bond acceptors (Lipinski definition) is 4. The van der Waals surface area contributed by atoms with Crippen molar-refractivity contribution in [2.24, 2.45) is 0 Å². The van der Waals surface area contributed by atoms with E-state index in [4.69, 9.17) is 31.9 Å². The standard InChI is InChI=1S/C9H10ClNO4/c1-14-4-3-5(15-2)7(10)8(11)6(4)9(12)13/h3H,11H2,1-2H3,(H,12,13). The van der Waals surface area contributed by atoms with E-state index in [1.807, 2.05) is 0 Å². The van der Waals surface area contributed by atoms with Crippen molar-refractivity contribution in [1.29, 1.82) is 0 Å². The van der Waals surface area contributed by atoms with E-state index in [1.54, 1.807) is 0 Å². The summed E-state index contributed by atoms with van der Waals surface area (Å²) in [7, 11) is 2.75. The number of halogens is 1. The van der Waals surface area contributed by atoms with E-state index in [-0.39, 0.29) is 27.8 Å². The third-order valence-electron chi connectivity index (χ3n) is 1.88. The highest BCUT2D eigenvalue weighted by Gasteiger charge is 2.21. The van der Waals surface area contributed by atoms with Gasteiger partial charge in [0.05, 0.1) is 19.9 Å². The lowest BCUT2D eigenvalue weighted by molar-refractivity contribution is 0.0694. The summed E-state index contributed by atoms with van der Waals surface area (Å²) in [6.45, 7) is 0. The highest BCUT2D eigenvalue weighted by atomic mass is 35.5. The van der Waals surface area contributed by atoms with Gasteiger partial charge in [-0.15, -0.1) is 0 Å². The van der Waals surface area contributed by atoms with Gasteiger partial charge in [-0.2, -0.15) is 0 Å². The Morgan fingerprint density at radius 2 is 1.93 bits per heavy atom. The van der Waals surface area contributed by atoms with E-state index in [2.05, 4.69) is 0 Å². The van der Waals surface area contributed by atoms with Crippen molar-refractivity contribution in [2.75, 3.05) is 20.0 Å². The Kier molecular flexibility index (Phi) is 3.26. The molecule has 1 rings (SSSR count). The van der Waals surface area contributed by atoms with Gasteiger partial charge < -0.3 is 20.3 Å². The van der Waals surface area contributed by atoms with Gasteiger partial charge in [0, 0.05) is 6.07 Å². The van der Waals surface area contributed by atoms with Gasteiger partial charge in [0.15, 0.2) is 0 Å². The third kappa shape index (κ3) is 1.92. The Morgan fingerprint density at radius 1 is 1.40 bits per heavy atom. The van der Waals surface area contributed by atoms with Crippen molar-refractivity contribution in [2.45, 2.75) is 0 Å². The maximum absolute atomic E-state index is 10.9. The van der Waals surface area contributed by atoms with Gasteiger partial charge in [0.2, 0.25) is 0 Å². The molecule has 6 heteroatoms. The average molecular weight is 232 g/mol. The molecule has 0 aliphatic heterocycles. The lowest BCUT2D eigenvalue weighted by atomic mass is 10.1. The molecule has 0 fully saturated rings. The van der Waals surface area contributed by atoms with Crippen LogP contribution < -0.4 is 15.2 Å². The number of anilines is 1. The van der Waals surface area contributed by atoms with Gasteiger partial charge in [0.1, 0.15) is 22.1 Å². The Hall–Kier alpha value is -1.62. The Morgan fingerprint density at radius 3 is 2.33 bits per heavy atom. The zero-order valence-corrected chi connectivity index (χ0v) is 8.96. The predicted octanol–water partition coefficient (Wildman–Crippen LogP) is 1.64. The predicted molar refractivity (Wildman–Crippen MR) is 55.9 cm³/mol. The number of nitrogens with two attached hydrogens (primary N) is 1. The second-order valence-corrected chi connectivity index (χ2v) is 3.07. The van der Waals surface area contributed by atoms with Gasteiger partial charge in [-0.05, 0) is 0 Å². The van der Waals surface area contributed by atoms with Gasteiger partial charge in [-0.3, -0.25) is 0 Å². The first-order valence-electron chi connectivity index (χ1n) is 3.96. The van der Waals surface area contributed by atoms with Crippen molar-refractivity contribution >= 4 is 23.3 Å². The monoisotopic (exact) mass is 231 g/mol. The third-order valence-corrected chi connectivity index (χ3v) is 2.27.